The van der Waals surface area contributed by atoms with Gasteiger partial charge in [0, 0.05) is 6.54 Å². The lowest BCUT2D eigenvalue weighted by Crippen LogP contribution is -2.05. The van der Waals surface area contributed by atoms with Gasteiger partial charge in [0.15, 0.2) is 5.75 Å². The molecule has 0 aliphatic carbocycles. The van der Waals surface area contributed by atoms with Gasteiger partial charge in [0.25, 0.3) is 0 Å². The lowest BCUT2D eigenvalue weighted by atomic mass is 10.1. The van der Waals surface area contributed by atoms with Crippen LogP contribution < -0.4 is 0 Å². The summed E-state index contributed by atoms with van der Waals surface area (Å²) in [5.41, 5.74) is 1.93. The molecule has 17 heavy (non-hydrogen) atoms. The highest BCUT2D eigenvalue weighted by Crippen LogP contribution is 2.25. The van der Waals surface area contributed by atoms with E-state index in [0.717, 1.165) is 62.9 Å². The number of unbranched alkanes of at least 4 members (excludes halogenated alkanes) is 2. The molecule has 98 valence electrons. The first kappa shape index (κ1) is 14.1. The Labute approximate surface area is 105 Å². The lowest BCUT2D eigenvalue weighted by Gasteiger charge is -2.05. The van der Waals surface area contributed by atoms with Crippen molar-refractivity contribution in [1.29, 1.82) is 0 Å². The average molecular weight is 238 g/mol. The van der Waals surface area contributed by atoms with E-state index in [1.54, 1.807) is 0 Å². The average Bonchev–Trinajstić information content (AvgIpc) is 2.62. The molecule has 1 heterocycles. The van der Waals surface area contributed by atoms with Gasteiger partial charge in [-0.25, -0.2) is 0 Å². The van der Waals surface area contributed by atoms with Crippen LogP contribution in [-0.2, 0) is 19.4 Å². The number of aromatic nitrogens is 2. The summed E-state index contributed by atoms with van der Waals surface area (Å²) >= 11 is 0. The van der Waals surface area contributed by atoms with Crippen LogP contribution in [0.2, 0.25) is 0 Å². The molecule has 0 saturated heterocycles. The summed E-state index contributed by atoms with van der Waals surface area (Å²) in [6.07, 6.45) is 7.42. The minimum Gasteiger partial charge on any atom is -0.504 e. The molecule has 0 aliphatic rings. The fourth-order valence-corrected chi connectivity index (χ4v) is 2.03. The van der Waals surface area contributed by atoms with E-state index in [0.29, 0.717) is 5.75 Å². The number of rotatable bonds is 8. The van der Waals surface area contributed by atoms with E-state index >= 15 is 0 Å². The second kappa shape index (κ2) is 7.36. The second-order valence-corrected chi connectivity index (χ2v) is 4.67. The Bertz CT molecular complexity index is 331. The molecule has 0 saturated carbocycles. The Morgan fingerprint density at radius 3 is 2.29 bits per heavy atom. The highest BCUT2D eigenvalue weighted by atomic mass is 16.3. The minimum atomic E-state index is 0.455. The van der Waals surface area contributed by atoms with Crippen LogP contribution in [0.15, 0.2) is 0 Å². The highest BCUT2D eigenvalue weighted by molar-refractivity contribution is 5.32. The summed E-state index contributed by atoms with van der Waals surface area (Å²) in [7, 11) is 0. The van der Waals surface area contributed by atoms with Crippen LogP contribution in [0.5, 0.6) is 5.75 Å². The molecule has 0 radical (unpaired) electrons. The summed E-state index contributed by atoms with van der Waals surface area (Å²) in [5, 5.41) is 14.8. The summed E-state index contributed by atoms with van der Waals surface area (Å²) in [5.74, 6) is 0.455. The Balaban J connectivity index is 2.84. The third-order valence-electron chi connectivity index (χ3n) is 3.08. The van der Waals surface area contributed by atoms with Crippen LogP contribution in [0, 0.1) is 0 Å². The van der Waals surface area contributed by atoms with E-state index in [1.165, 1.54) is 0 Å². The van der Waals surface area contributed by atoms with Crippen molar-refractivity contribution in [3.8, 4) is 5.75 Å². The molecule has 0 amide bonds. The number of nitrogens with zero attached hydrogens (tertiary/aromatic N) is 2. The van der Waals surface area contributed by atoms with Gasteiger partial charge < -0.3 is 5.11 Å². The molecular weight excluding hydrogens is 212 g/mol. The third kappa shape index (κ3) is 3.76. The largest absolute Gasteiger partial charge is 0.504 e. The van der Waals surface area contributed by atoms with Gasteiger partial charge in [0.1, 0.15) is 5.69 Å². The Kier molecular flexibility index (Phi) is 6.09. The van der Waals surface area contributed by atoms with Crippen molar-refractivity contribution in [2.24, 2.45) is 0 Å². The van der Waals surface area contributed by atoms with Crippen molar-refractivity contribution in [1.82, 2.24) is 9.78 Å². The highest BCUT2D eigenvalue weighted by Gasteiger charge is 2.15. The fraction of sp³-hybridized carbons (Fsp3) is 0.786. The van der Waals surface area contributed by atoms with E-state index in [4.69, 9.17) is 0 Å². The molecule has 0 aromatic carbocycles. The Morgan fingerprint density at radius 1 is 1.00 bits per heavy atom. The maximum Gasteiger partial charge on any atom is 0.160 e. The molecule has 1 rings (SSSR count). The van der Waals surface area contributed by atoms with E-state index < -0.39 is 0 Å². The van der Waals surface area contributed by atoms with E-state index in [2.05, 4.69) is 25.9 Å². The first-order valence-electron chi connectivity index (χ1n) is 7.02. The number of hydrogen-bond donors (Lipinski definition) is 1. The first-order valence-corrected chi connectivity index (χ1v) is 7.02. The zero-order chi connectivity index (χ0) is 12.7. The van der Waals surface area contributed by atoms with E-state index in [-0.39, 0.29) is 0 Å². The van der Waals surface area contributed by atoms with Gasteiger partial charge in [-0.3, -0.25) is 4.68 Å². The normalized spacial score (nSPS) is 11.0. The Hall–Kier alpha value is -0.990. The predicted octanol–water partition coefficient (Wildman–Crippen LogP) is 3.68. The molecule has 0 bridgehead atoms. The van der Waals surface area contributed by atoms with Crippen molar-refractivity contribution in [3.05, 3.63) is 11.4 Å². The molecule has 1 N–H and O–H groups in total. The quantitative estimate of drug-likeness (QED) is 0.750. The zero-order valence-corrected chi connectivity index (χ0v) is 11.5. The van der Waals surface area contributed by atoms with Crippen LogP contribution in [0.3, 0.4) is 0 Å². The molecule has 0 unspecified atom stereocenters. The standard InChI is InChI=1S/C14H26N2O/c1-4-7-10-12-14(17)13(9-6-3)16(15-12)11-8-5-2/h17H,4-11H2,1-3H3. The summed E-state index contributed by atoms with van der Waals surface area (Å²) in [6, 6.07) is 0. The van der Waals surface area contributed by atoms with Crippen LogP contribution in [0.1, 0.15) is 64.3 Å². The molecule has 0 spiro atoms. The predicted molar refractivity (Wildman–Crippen MR) is 71.4 cm³/mol. The van der Waals surface area contributed by atoms with Gasteiger partial charge in [-0.15, -0.1) is 0 Å². The Morgan fingerprint density at radius 2 is 1.71 bits per heavy atom. The van der Waals surface area contributed by atoms with Crippen LogP contribution >= 0.6 is 0 Å². The van der Waals surface area contributed by atoms with Crippen LogP contribution in [0.4, 0.5) is 0 Å². The van der Waals surface area contributed by atoms with Crippen molar-refractivity contribution in [2.45, 2.75) is 72.3 Å². The molecule has 0 atom stereocenters. The zero-order valence-electron chi connectivity index (χ0n) is 11.5. The lowest BCUT2D eigenvalue weighted by molar-refractivity contribution is 0.455. The molecule has 0 aliphatic heterocycles. The second-order valence-electron chi connectivity index (χ2n) is 4.67. The molecular formula is C14H26N2O. The first-order chi connectivity index (χ1) is 8.24. The third-order valence-corrected chi connectivity index (χ3v) is 3.08. The van der Waals surface area contributed by atoms with Crippen molar-refractivity contribution < 1.29 is 5.11 Å². The van der Waals surface area contributed by atoms with Gasteiger partial charge in [-0.05, 0) is 25.7 Å². The monoisotopic (exact) mass is 238 g/mol. The SMILES string of the molecule is CCCCc1nn(CCCC)c(CCC)c1O. The number of aryl methyl sites for hydroxylation is 2. The summed E-state index contributed by atoms with van der Waals surface area (Å²) in [6.45, 7) is 7.42. The number of aromatic hydroxyl groups is 1. The van der Waals surface area contributed by atoms with Gasteiger partial charge in [-0.1, -0.05) is 40.0 Å². The van der Waals surface area contributed by atoms with Gasteiger partial charge >= 0.3 is 0 Å². The molecule has 1 aromatic heterocycles. The smallest absolute Gasteiger partial charge is 0.160 e. The molecule has 1 aromatic rings. The van der Waals surface area contributed by atoms with Crippen LogP contribution in [0.25, 0.3) is 0 Å². The van der Waals surface area contributed by atoms with Crippen molar-refractivity contribution in [2.75, 3.05) is 0 Å². The van der Waals surface area contributed by atoms with E-state index in [9.17, 15) is 5.11 Å². The maximum atomic E-state index is 10.2. The maximum absolute atomic E-state index is 10.2. The van der Waals surface area contributed by atoms with Gasteiger partial charge in [0.05, 0.1) is 5.69 Å². The van der Waals surface area contributed by atoms with Crippen molar-refractivity contribution >= 4 is 0 Å². The summed E-state index contributed by atoms with van der Waals surface area (Å²) in [4.78, 5) is 0. The topological polar surface area (TPSA) is 38.0 Å². The molecule has 0 fully saturated rings. The van der Waals surface area contributed by atoms with Gasteiger partial charge in [0.2, 0.25) is 0 Å². The summed E-state index contributed by atoms with van der Waals surface area (Å²) < 4.78 is 2.02. The molecule has 3 heteroatoms. The fourth-order valence-electron chi connectivity index (χ4n) is 2.03. The van der Waals surface area contributed by atoms with E-state index in [1.807, 2.05) is 4.68 Å². The van der Waals surface area contributed by atoms with Crippen molar-refractivity contribution in [3.63, 3.8) is 0 Å². The minimum absolute atomic E-state index is 0.455. The molecule has 3 nitrogen and oxygen atoms in total. The van der Waals surface area contributed by atoms with Gasteiger partial charge in [-0.2, -0.15) is 5.10 Å². The van der Waals surface area contributed by atoms with Crippen LogP contribution in [-0.4, -0.2) is 14.9 Å². The number of hydrogen-bond acceptors (Lipinski definition) is 2.